The summed E-state index contributed by atoms with van der Waals surface area (Å²) in [6.45, 7) is 8.49. The maximum atomic E-state index is 12.3. The van der Waals surface area contributed by atoms with Crippen LogP contribution < -0.4 is 0 Å². The molecule has 0 unspecified atom stereocenters. The van der Waals surface area contributed by atoms with E-state index in [-0.39, 0.29) is 18.1 Å². The van der Waals surface area contributed by atoms with E-state index >= 15 is 0 Å². The molecule has 1 aromatic carbocycles. The Morgan fingerprint density at radius 2 is 2.05 bits per heavy atom. The molecule has 0 saturated heterocycles. The number of carbonyl (C=O) groups excluding carboxylic acids is 1. The zero-order valence-electron chi connectivity index (χ0n) is 13.3. The van der Waals surface area contributed by atoms with Crippen molar-refractivity contribution in [1.29, 1.82) is 0 Å². The van der Waals surface area contributed by atoms with E-state index in [0.717, 1.165) is 19.3 Å². The minimum absolute atomic E-state index is 0.00777. The van der Waals surface area contributed by atoms with Crippen molar-refractivity contribution < 1.29 is 9.53 Å². The molecule has 1 aromatic rings. The van der Waals surface area contributed by atoms with Crippen LogP contribution in [0.15, 0.2) is 30.9 Å². The van der Waals surface area contributed by atoms with Gasteiger partial charge in [-0.2, -0.15) is 0 Å². The Bertz CT molecular complexity index is 504. The Kier molecular flexibility index (Phi) is 5.18. The van der Waals surface area contributed by atoms with Gasteiger partial charge in [0.05, 0.1) is 12.1 Å². The van der Waals surface area contributed by atoms with Crippen molar-refractivity contribution in [2.24, 2.45) is 0 Å². The fraction of sp³-hybridized carbons (Fsp3) is 0.500. The van der Waals surface area contributed by atoms with Crippen molar-refractivity contribution in [3.8, 4) is 0 Å². The van der Waals surface area contributed by atoms with Crippen molar-refractivity contribution in [2.75, 3.05) is 7.11 Å². The third-order valence-electron chi connectivity index (χ3n) is 4.55. The average molecular weight is 287 g/mol. The zero-order chi connectivity index (χ0) is 15.4. The Morgan fingerprint density at radius 3 is 2.62 bits per heavy atom. The fourth-order valence-corrected chi connectivity index (χ4v) is 3.28. The summed E-state index contributed by atoms with van der Waals surface area (Å²) in [4.78, 5) is 14.3. The van der Waals surface area contributed by atoms with Crippen LogP contribution in [0.4, 0.5) is 0 Å². The van der Waals surface area contributed by atoms with Crippen molar-refractivity contribution in [3.63, 3.8) is 0 Å². The summed E-state index contributed by atoms with van der Waals surface area (Å²) in [5.41, 5.74) is 3.68. The minimum atomic E-state index is -0.00777. The van der Waals surface area contributed by atoms with Crippen molar-refractivity contribution >= 4 is 5.91 Å². The first-order valence-corrected chi connectivity index (χ1v) is 7.59. The molecule has 0 N–H and O–H groups in total. The predicted molar refractivity (Wildman–Crippen MR) is 85.1 cm³/mol. The van der Waals surface area contributed by atoms with Gasteiger partial charge in [0, 0.05) is 13.7 Å². The van der Waals surface area contributed by atoms with Crippen LogP contribution in [0, 0.1) is 13.8 Å². The molecule has 0 heterocycles. The number of rotatable bonds is 5. The highest BCUT2D eigenvalue weighted by atomic mass is 16.5. The molecule has 21 heavy (non-hydrogen) atoms. The van der Waals surface area contributed by atoms with Gasteiger partial charge in [0.15, 0.2) is 0 Å². The molecule has 1 aliphatic carbocycles. The lowest BCUT2D eigenvalue weighted by Gasteiger charge is -2.32. The summed E-state index contributed by atoms with van der Waals surface area (Å²) in [7, 11) is 1.73. The zero-order valence-corrected chi connectivity index (χ0v) is 13.3. The van der Waals surface area contributed by atoms with Crippen LogP contribution in [-0.4, -0.2) is 30.1 Å². The quantitative estimate of drug-likeness (QED) is 0.777. The lowest BCUT2D eigenvalue weighted by molar-refractivity contribution is -0.131. The van der Waals surface area contributed by atoms with Crippen LogP contribution >= 0.6 is 0 Å². The second kappa shape index (κ2) is 6.90. The number of amides is 1. The lowest BCUT2D eigenvalue weighted by atomic mass is 10.0. The molecule has 114 valence electrons. The van der Waals surface area contributed by atoms with Gasteiger partial charge in [0.2, 0.25) is 5.91 Å². The molecule has 0 spiro atoms. The first kappa shape index (κ1) is 15.8. The third-order valence-corrected chi connectivity index (χ3v) is 4.55. The van der Waals surface area contributed by atoms with E-state index in [0.29, 0.717) is 6.54 Å². The second-order valence-corrected chi connectivity index (χ2v) is 5.81. The third kappa shape index (κ3) is 3.35. The van der Waals surface area contributed by atoms with E-state index in [9.17, 15) is 4.79 Å². The van der Waals surface area contributed by atoms with Crippen molar-refractivity contribution in [3.05, 3.63) is 47.5 Å². The molecular formula is C18H25NO2. The standard InChI is InChI=1S/C18H25NO2/c1-5-18(20)19(16-10-7-11-17(16)21-4)12-15-13(2)8-6-9-14(15)3/h5-6,8-9,16-17H,1,7,10-12H2,2-4H3/t16-,17-/m1/s1. The maximum absolute atomic E-state index is 12.3. The number of aryl methyl sites for hydroxylation is 2. The van der Waals surface area contributed by atoms with Gasteiger partial charge in [-0.1, -0.05) is 24.8 Å². The number of hydrogen-bond acceptors (Lipinski definition) is 2. The van der Waals surface area contributed by atoms with Crippen LogP contribution in [0.25, 0.3) is 0 Å². The summed E-state index contributed by atoms with van der Waals surface area (Å²) in [5.74, 6) is -0.00777. The SMILES string of the molecule is C=CC(=O)N(Cc1c(C)cccc1C)[C@@H]1CCC[C@H]1OC. The highest BCUT2D eigenvalue weighted by molar-refractivity contribution is 5.87. The molecule has 1 aliphatic rings. The second-order valence-electron chi connectivity index (χ2n) is 5.81. The Hall–Kier alpha value is -1.61. The number of nitrogens with zero attached hydrogens (tertiary/aromatic N) is 1. The molecule has 3 nitrogen and oxygen atoms in total. The molecule has 0 bridgehead atoms. The monoisotopic (exact) mass is 287 g/mol. The first-order valence-electron chi connectivity index (χ1n) is 7.59. The fourth-order valence-electron chi connectivity index (χ4n) is 3.28. The number of carbonyl (C=O) groups is 1. The van der Waals surface area contributed by atoms with Gasteiger partial charge in [0.25, 0.3) is 0 Å². The number of benzene rings is 1. The van der Waals surface area contributed by atoms with E-state index < -0.39 is 0 Å². The van der Waals surface area contributed by atoms with E-state index in [2.05, 4.69) is 38.6 Å². The molecule has 2 rings (SSSR count). The summed E-state index contributed by atoms with van der Waals surface area (Å²) < 4.78 is 5.57. The molecule has 1 amide bonds. The van der Waals surface area contributed by atoms with Crippen molar-refractivity contribution in [1.82, 2.24) is 4.90 Å². The van der Waals surface area contributed by atoms with Crippen LogP contribution in [0.2, 0.25) is 0 Å². The van der Waals surface area contributed by atoms with Gasteiger partial charge in [-0.05, 0) is 55.9 Å². The molecule has 1 fully saturated rings. The number of methoxy groups -OCH3 is 1. The van der Waals surface area contributed by atoms with Gasteiger partial charge in [-0.3, -0.25) is 4.79 Å². The van der Waals surface area contributed by atoms with Crippen LogP contribution in [0.5, 0.6) is 0 Å². The van der Waals surface area contributed by atoms with Gasteiger partial charge in [-0.15, -0.1) is 0 Å². The smallest absolute Gasteiger partial charge is 0.246 e. The van der Waals surface area contributed by atoms with Crippen LogP contribution in [0.3, 0.4) is 0 Å². The van der Waals surface area contributed by atoms with Crippen LogP contribution in [-0.2, 0) is 16.1 Å². The minimum Gasteiger partial charge on any atom is -0.379 e. The molecule has 0 aliphatic heterocycles. The molecule has 0 aromatic heterocycles. The molecular weight excluding hydrogens is 262 g/mol. The van der Waals surface area contributed by atoms with Gasteiger partial charge >= 0.3 is 0 Å². The summed E-state index contributed by atoms with van der Waals surface area (Å²) >= 11 is 0. The largest absolute Gasteiger partial charge is 0.379 e. The van der Waals surface area contributed by atoms with Gasteiger partial charge in [0.1, 0.15) is 0 Å². The Morgan fingerprint density at radius 1 is 1.38 bits per heavy atom. The summed E-state index contributed by atoms with van der Waals surface area (Å²) in [6.07, 6.45) is 4.69. The van der Waals surface area contributed by atoms with E-state index in [1.807, 2.05) is 4.90 Å². The average Bonchev–Trinajstić information content (AvgIpc) is 2.94. The molecule has 0 radical (unpaired) electrons. The van der Waals surface area contributed by atoms with E-state index in [4.69, 9.17) is 4.74 Å². The summed E-state index contributed by atoms with van der Waals surface area (Å²) in [6, 6.07) is 6.41. The Labute approximate surface area is 127 Å². The first-order chi connectivity index (χ1) is 10.1. The topological polar surface area (TPSA) is 29.5 Å². The normalized spacial score (nSPS) is 21.3. The highest BCUT2D eigenvalue weighted by Gasteiger charge is 2.34. The van der Waals surface area contributed by atoms with Gasteiger partial charge < -0.3 is 9.64 Å². The summed E-state index contributed by atoms with van der Waals surface area (Å²) in [5, 5.41) is 0. The maximum Gasteiger partial charge on any atom is 0.246 e. The molecule has 1 saturated carbocycles. The molecule has 2 atom stereocenters. The predicted octanol–water partition coefficient (Wildman–Crippen LogP) is 3.39. The van der Waals surface area contributed by atoms with E-state index in [1.54, 1.807) is 7.11 Å². The number of ether oxygens (including phenoxy) is 1. The Balaban J connectivity index is 2.29. The van der Waals surface area contributed by atoms with Crippen molar-refractivity contribution in [2.45, 2.75) is 51.8 Å². The van der Waals surface area contributed by atoms with Crippen LogP contribution in [0.1, 0.15) is 36.0 Å². The highest BCUT2D eigenvalue weighted by Crippen LogP contribution is 2.29. The number of hydrogen-bond donors (Lipinski definition) is 0. The lowest BCUT2D eigenvalue weighted by Crippen LogP contribution is -2.44. The van der Waals surface area contributed by atoms with Gasteiger partial charge in [-0.25, -0.2) is 0 Å². The molecule has 3 heteroatoms. The van der Waals surface area contributed by atoms with E-state index in [1.165, 1.54) is 22.8 Å².